The predicted molar refractivity (Wildman–Crippen MR) is 121 cm³/mol. The monoisotopic (exact) mass is 420 g/mol. The minimum Gasteiger partial charge on any atom is -0.379 e. The molecule has 0 amide bonds. The lowest BCUT2D eigenvalue weighted by Gasteiger charge is -2.30. The van der Waals surface area contributed by atoms with Crippen molar-refractivity contribution >= 4 is 16.8 Å². The predicted octanol–water partition coefficient (Wildman–Crippen LogP) is 2.26. The van der Waals surface area contributed by atoms with Gasteiger partial charge in [-0.1, -0.05) is 37.6 Å². The highest BCUT2D eigenvalue weighted by Crippen LogP contribution is 2.23. The lowest BCUT2D eigenvalue weighted by atomic mass is 9.95. The van der Waals surface area contributed by atoms with Crippen LogP contribution in [-0.2, 0) is 28.6 Å². The second kappa shape index (κ2) is 11.7. The van der Waals surface area contributed by atoms with Crippen LogP contribution in [0.15, 0.2) is 29.3 Å². The number of hydrogen-bond acceptors (Lipinski definition) is 4. The third-order valence-corrected chi connectivity index (χ3v) is 7.58. The molecule has 0 bridgehead atoms. The fraction of sp³-hybridized carbons (Fsp3) is 0.682. The Morgan fingerprint density at radius 3 is 2.62 bits per heavy atom. The van der Waals surface area contributed by atoms with Crippen molar-refractivity contribution in [3.63, 3.8) is 0 Å². The molecule has 1 saturated carbocycles. The molecular weight excluding hydrogens is 384 g/mol. The molecule has 1 saturated heterocycles. The molecule has 1 aromatic carbocycles. The van der Waals surface area contributed by atoms with Gasteiger partial charge >= 0.3 is 0 Å². The SMILES string of the molecule is CCS(=O)C1CCCC(NC(=NC)NCc2ccc(CN3CCOCC3)cc2)C1. The maximum Gasteiger partial charge on any atom is 0.191 e. The highest BCUT2D eigenvalue weighted by Gasteiger charge is 2.26. The number of benzene rings is 1. The molecular formula is C22H36N4O2S. The summed E-state index contributed by atoms with van der Waals surface area (Å²) in [6, 6.07) is 9.17. The molecule has 1 aromatic rings. The summed E-state index contributed by atoms with van der Waals surface area (Å²) in [6.07, 6.45) is 4.31. The summed E-state index contributed by atoms with van der Waals surface area (Å²) in [5.41, 5.74) is 2.59. The molecule has 29 heavy (non-hydrogen) atoms. The van der Waals surface area contributed by atoms with Crippen LogP contribution in [0.25, 0.3) is 0 Å². The van der Waals surface area contributed by atoms with Gasteiger partial charge in [-0.15, -0.1) is 0 Å². The number of nitrogens with zero attached hydrogens (tertiary/aromatic N) is 2. The molecule has 2 fully saturated rings. The van der Waals surface area contributed by atoms with Gasteiger partial charge in [0.1, 0.15) is 0 Å². The Kier molecular flexibility index (Phi) is 8.95. The summed E-state index contributed by atoms with van der Waals surface area (Å²) < 4.78 is 17.6. The number of nitrogens with one attached hydrogen (secondary N) is 2. The quantitative estimate of drug-likeness (QED) is 0.523. The van der Waals surface area contributed by atoms with Gasteiger partial charge in [-0.2, -0.15) is 0 Å². The van der Waals surface area contributed by atoms with Crippen molar-refractivity contribution in [2.75, 3.05) is 39.1 Å². The lowest BCUT2D eigenvalue weighted by molar-refractivity contribution is 0.0342. The maximum absolute atomic E-state index is 12.2. The largest absolute Gasteiger partial charge is 0.379 e. The molecule has 2 N–H and O–H groups in total. The molecule has 1 heterocycles. The summed E-state index contributed by atoms with van der Waals surface area (Å²) in [6.45, 7) is 7.45. The maximum atomic E-state index is 12.2. The van der Waals surface area contributed by atoms with Crippen LogP contribution in [0, 0.1) is 0 Å². The van der Waals surface area contributed by atoms with Gasteiger partial charge in [0, 0.05) is 61.1 Å². The Hall–Kier alpha value is -1.44. The van der Waals surface area contributed by atoms with Crippen LogP contribution in [0.2, 0.25) is 0 Å². The van der Waals surface area contributed by atoms with Crippen LogP contribution in [0.4, 0.5) is 0 Å². The number of aliphatic imine (C=N–C) groups is 1. The minimum absolute atomic E-state index is 0.323. The van der Waals surface area contributed by atoms with E-state index in [9.17, 15) is 4.21 Å². The Labute approximate surface area is 178 Å². The average Bonchev–Trinajstić information content (AvgIpc) is 2.78. The van der Waals surface area contributed by atoms with E-state index in [4.69, 9.17) is 4.74 Å². The van der Waals surface area contributed by atoms with Gasteiger partial charge in [0.15, 0.2) is 5.96 Å². The molecule has 0 aromatic heterocycles. The van der Waals surface area contributed by atoms with E-state index in [2.05, 4.69) is 44.8 Å². The van der Waals surface area contributed by atoms with E-state index in [1.54, 1.807) is 0 Å². The lowest BCUT2D eigenvalue weighted by Crippen LogP contribution is -2.46. The number of rotatable bonds is 7. The topological polar surface area (TPSA) is 66.0 Å². The molecule has 162 valence electrons. The van der Waals surface area contributed by atoms with E-state index in [1.165, 1.54) is 11.1 Å². The first-order valence-corrected chi connectivity index (χ1v) is 12.3. The van der Waals surface area contributed by atoms with Crippen LogP contribution in [0.5, 0.6) is 0 Å². The number of hydrogen-bond donors (Lipinski definition) is 2. The Bertz CT molecular complexity index is 674. The van der Waals surface area contributed by atoms with Crippen molar-refractivity contribution in [3.8, 4) is 0 Å². The van der Waals surface area contributed by atoms with E-state index in [1.807, 2.05) is 14.0 Å². The number of guanidine groups is 1. The summed E-state index contributed by atoms with van der Waals surface area (Å²) in [5, 5.41) is 7.29. The third kappa shape index (κ3) is 7.08. The van der Waals surface area contributed by atoms with E-state index in [0.29, 0.717) is 11.3 Å². The fourth-order valence-corrected chi connectivity index (χ4v) is 5.45. The first kappa shape index (κ1) is 22.2. The first-order chi connectivity index (χ1) is 14.2. The van der Waals surface area contributed by atoms with Crippen LogP contribution in [0.1, 0.15) is 43.7 Å². The molecule has 6 nitrogen and oxygen atoms in total. The van der Waals surface area contributed by atoms with E-state index >= 15 is 0 Å². The molecule has 3 unspecified atom stereocenters. The van der Waals surface area contributed by atoms with Crippen molar-refractivity contribution in [1.82, 2.24) is 15.5 Å². The van der Waals surface area contributed by atoms with Gasteiger partial charge in [-0.25, -0.2) is 0 Å². The van der Waals surface area contributed by atoms with Crippen molar-refractivity contribution in [3.05, 3.63) is 35.4 Å². The summed E-state index contributed by atoms with van der Waals surface area (Å²) in [5.74, 6) is 1.58. The zero-order valence-electron chi connectivity index (χ0n) is 17.9. The standard InChI is InChI=1S/C22H36N4O2S/c1-3-29(27)21-6-4-5-20(15-21)25-22(23-2)24-16-18-7-9-19(10-8-18)17-26-11-13-28-14-12-26/h7-10,20-21H,3-6,11-17H2,1-2H3,(H2,23,24,25). The smallest absolute Gasteiger partial charge is 0.191 e. The fourth-order valence-electron chi connectivity index (χ4n) is 4.10. The van der Waals surface area contributed by atoms with Crippen LogP contribution in [0.3, 0.4) is 0 Å². The Balaban J connectivity index is 1.44. The summed E-state index contributed by atoms with van der Waals surface area (Å²) in [7, 11) is 1.11. The highest BCUT2D eigenvalue weighted by molar-refractivity contribution is 7.85. The zero-order valence-corrected chi connectivity index (χ0v) is 18.7. The normalized spacial score (nSPS) is 24.8. The zero-order chi connectivity index (χ0) is 20.5. The van der Waals surface area contributed by atoms with Gasteiger partial charge in [0.25, 0.3) is 0 Å². The molecule has 0 spiro atoms. The van der Waals surface area contributed by atoms with Crippen molar-refractivity contribution < 1.29 is 8.95 Å². The van der Waals surface area contributed by atoms with E-state index in [-0.39, 0.29) is 0 Å². The van der Waals surface area contributed by atoms with Gasteiger partial charge in [0.2, 0.25) is 0 Å². The first-order valence-electron chi connectivity index (χ1n) is 10.9. The van der Waals surface area contributed by atoms with Crippen LogP contribution in [-0.4, -0.2) is 65.5 Å². The summed E-state index contributed by atoms with van der Waals surface area (Å²) >= 11 is 0. The Morgan fingerprint density at radius 1 is 1.21 bits per heavy atom. The highest BCUT2D eigenvalue weighted by atomic mass is 32.2. The third-order valence-electron chi connectivity index (χ3n) is 5.84. The molecule has 0 radical (unpaired) electrons. The second-order valence-electron chi connectivity index (χ2n) is 7.93. The van der Waals surface area contributed by atoms with E-state index in [0.717, 1.165) is 76.8 Å². The molecule has 7 heteroatoms. The molecule has 3 rings (SSSR count). The van der Waals surface area contributed by atoms with E-state index < -0.39 is 10.8 Å². The molecule has 3 atom stereocenters. The average molecular weight is 421 g/mol. The van der Waals surface area contributed by atoms with Gasteiger partial charge in [-0.3, -0.25) is 14.1 Å². The van der Waals surface area contributed by atoms with Crippen molar-refractivity contribution in [1.29, 1.82) is 0 Å². The van der Waals surface area contributed by atoms with Crippen molar-refractivity contribution in [2.45, 2.75) is 57.0 Å². The van der Waals surface area contributed by atoms with Gasteiger partial charge in [-0.05, 0) is 30.4 Å². The van der Waals surface area contributed by atoms with Crippen LogP contribution >= 0.6 is 0 Å². The molecule has 1 aliphatic heterocycles. The minimum atomic E-state index is -0.700. The van der Waals surface area contributed by atoms with Gasteiger partial charge in [0.05, 0.1) is 13.2 Å². The Morgan fingerprint density at radius 2 is 1.93 bits per heavy atom. The molecule has 1 aliphatic carbocycles. The number of morpholine rings is 1. The van der Waals surface area contributed by atoms with Gasteiger partial charge < -0.3 is 15.4 Å². The second-order valence-corrected chi connectivity index (χ2v) is 9.94. The molecule has 2 aliphatic rings. The van der Waals surface area contributed by atoms with Crippen LogP contribution < -0.4 is 10.6 Å². The number of ether oxygens (including phenoxy) is 1. The summed E-state index contributed by atoms with van der Waals surface area (Å²) in [4.78, 5) is 6.82. The van der Waals surface area contributed by atoms with Crippen molar-refractivity contribution in [2.24, 2.45) is 4.99 Å².